The first-order valence-electron chi connectivity index (χ1n) is 11.9. The molecule has 0 aliphatic heterocycles. The summed E-state index contributed by atoms with van der Waals surface area (Å²) < 4.78 is 0. The summed E-state index contributed by atoms with van der Waals surface area (Å²) in [6.45, 7) is 0.581. The van der Waals surface area contributed by atoms with Crippen LogP contribution in [0.5, 0.6) is 0 Å². The van der Waals surface area contributed by atoms with E-state index in [0.29, 0.717) is 30.2 Å². The van der Waals surface area contributed by atoms with E-state index in [9.17, 15) is 0 Å². The number of benzene rings is 1. The zero-order chi connectivity index (χ0) is 23.3. The van der Waals surface area contributed by atoms with Crippen molar-refractivity contribution in [3.63, 3.8) is 0 Å². The molecule has 0 amide bonds. The minimum atomic E-state index is 0.0798. The first-order chi connectivity index (χ1) is 16.7. The Morgan fingerprint density at radius 2 is 1.82 bits per heavy atom. The molecule has 34 heavy (non-hydrogen) atoms. The van der Waals surface area contributed by atoms with Gasteiger partial charge in [-0.25, -0.2) is 9.97 Å². The number of nitrogens with zero attached hydrogens (tertiary/aromatic N) is 4. The first kappa shape index (κ1) is 22.2. The fourth-order valence-corrected chi connectivity index (χ4v) is 4.52. The van der Waals surface area contributed by atoms with Gasteiger partial charge in [0.1, 0.15) is 11.5 Å². The molecule has 4 aromatic rings. The Balaban J connectivity index is 1.35. The Bertz CT molecular complexity index is 1220. The number of nitrogens with one attached hydrogen (secondary N) is 3. The fraction of sp³-hybridized carbons (Fsp3) is 0.360. The SMILES string of the molecule is NCCC(Nc1cccc(-c2n[nH]c3nc(N[C@H]4CC[C@H](N)CC4)ncc23)n1)c1ccccc1. The summed E-state index contributed by atoms with van der Waals surface area (Å²) in [7, 11) is 0. The highest BCUT2D eigenvalue weighted by molar-refractivity contribution is 5.89. The van der Waals surface area contributed by atoms with Gasteiger partial charge in [0.05, 0.1) is 17.1 Å². The van der Waals surface area contributed by atoms with Crippen LogP contribution in [-0.2, 0) is 0 Å². The number of fused-ring (bicyclic) bond motifs is 1. The van der Waals surface area contributed by atoms with Crippen LogP contribution in [0.15, 0.2) is 54.7 Å². The van der Waals surface area contributed by atoms with E-state index in [1.807, 2.05) is 36.4 Å². The molecule has 1 fully saturated rings. The van der Waals surface area contributed by atoms with Gasteiger partial charge in [0.25, 0.3) is 0 Å². The number of H-pyrrole nitrogens is 1. The van der Waals surface area contributed by atoms with Crippen molar-refractivity contribution in [2.45, 2.75) is 50.2 Å². The van der Waals surface area contributed by atoms with Crippen molar-refractivity contribution in [2.75, 3.05) is 17.2 Å². The Kier molecular flexibility index (Phi) is 6.64. The average Bonchev–Trinajstić information content (AvgIpc) is 3.29. The lowest BCUT2D eigenvalue weighted by Crippen LogP contribution is -2.33. The van der Waals surface area contributed by atoms with E-state index in [-0.39, 0.29) is 6.04 Å². The van der Waals surface area contributed by atoms with Crippen LogP contribution in [0.2, 0.25) is 0 Å². The van der Waals surface area contributed by atoms with E-state index in [1.54, 1.807) is 6.20 Å². The molecule has 9 nitrogen and oxygen atoms in total. The van der Waals surface area contributed by atoms with Gasteiger partial charge in [-0.2, -0.15) is 10.1 Å². The highest BCUT2D eigenvalue weighted by Crippen LogP contribution is 2.27. The normalized spacial score (nSPS) is 19.1. The van der Waals surface area contributed by atoms with Crippen molar-refractivity contribution in [1.29, 1.82) is 0 Å². The molecule has 1 saturated carbocycles. The number of anilines is 2. The van der Waals surface area contributed by atoms with Crippen LogP contribution in [0.1, 0.15) is 43.7 Å². The maximum absolute atomic E-state index is 6.02. The van der Waals surface area contributed by atoms with E-state index < -0.39 is 0 Å². The van der Waals surface area contributed by atoms with Gasteiger partial charge in [-0.3, -0.25) is 5.10 Å². The van der Waals surface area contributed by atoms with Gasteiger partial charge in [0.2, 0.25) is 5.95 Å². The van der Waals surface area contributed by atoms with Gasteiger partial charge in [0, 0.05) is 18.3 Å². The van der Waals surface area contributed by atoms with Crippen molar-refractivity contribution >= 4 is 22.8 Å². The predicted molar refractivity (Wildman–Crippen MR) is 135 cm³/mol. The number of aromatic amines is 1. The molecule has 0 saturated heterocycles. The lowest BCUT2D eigenvalue weighted by Gasteiger charge is -2.26. The van der Waals surface area contributed by atoms with Crippen LogP contribution in [0.25, 0.3) is 22.4 Å². The van der Waals surface area contributed by atoms with E-state index in [2.05, 4.69) is 42.9 Å². The fourth-order valence-electron chi connectivity index (χ4n) is 4.52. The van der Waals surface area contributed by atoms with Crippen molar-refractivity contribution in [1.82, 2.24) is 25.1 Å². The largest absolute Gasteiger partial charge is 0.363 e. The maximum Gasteiger partial charge on any atom is 0.224 e. The summed E-state index contributed by atoms with van der Waals surface area (Å²) in [5.41, 5.74) is 15.2. The zero-order valence-corrected chi connectivity index (χ0v) is 19.1. The van der Waals surface area contributed by atoms with Crippen molar-refractivity contribution in [3.05, 3.63) is 60.3 Å². The molecule has 9 heteroatoms. The van der Waals surface area contributed by atoms with E-state index in [1.165, 1.54) is 5.56 Å². The molecular formula is C25H31N9. The van der Waals surface area contributed by atoms with Crippen LogP contribution >= 0.6 is 0 Å². The number of hydrogen-bond acceptors (Lipinski definition) is 8. The highest BCUT2D eigenvalue weighted by atomic mass is 15.2. The minimum absolute atomic E-state index is 0.0798. The van der Waals surface area contributed by atoms with Crippen LogP contribution in [0.4, 0.5) is 11.8 Å². The third-order valence-corrected chi connectivity index (χ3v) is 6.39. The lowest BCUT2D eigenvalue weighted by molar-refractivity contribution is 0.410. The molecule has 7 N–H and O–H groups in total. The second-order valence-electron chi connectivity index (χ2n) is 8.88. The standard InChI is InChI=1S/C25H31N9/c26-14-13-20(16-5-2-1-3-6-16)30-22-8-4-7-21(31-22)23-19-15-28-25(32-24(19)34-33-23)29-18-11-9-17(27)10-12-18/h1-8,15,17-18,20H,9-14,26-27H2,(H,30,31)(H2,28,29,32,33,34)/t17-,18-,20?. The van der Waals surface area contributed by atoms with Crippen molar-refractivity contribution in [3.8, 4) is 11.4 Å². The Morgan fingerprint density at radius 1 is 1.00 bits per heavy atom. The van der Waals surface area contributed by atoms with Gasteiger partial charge in [-0.15, -0.1) is 0 Å². The molecule has 5 rings (SSSR count). The first-order valence-corrected chi connectivity index (χ1v) is 11.9. The molecule has 1 aliphatic carbocycles. The van der Waals surface area contributed by atoms with E-state index >= 15 is 0 Å². The third-order valence-electron chi connectivity index (χ3n) is 6.39. The van der Waals surface area contributed by atoms with Gasteiger partial charge in [-0.05, 0) is 56.3 Å². The zero-order valence-electron chi connectivity index (χ0n) is 19.1. The molecule has 3 aromatic heterocycles. The Morgan fingerprint density at radius 3 is 2.62 bits per heavy atom. The van der Waals surface area contributed by atoms with Crippen LogP contribution in [0, 0.1) is 0 Å². The number of hydrogen-bond donors (Lipinski definition) is 5. The molecule has 0 radical (unpaired) electrons. The summed E-state index contributed by atoms with van der Waals surface area (Å²) >= 11 is 0. The number of pyridine rings is 1. The quantitative estimate of drug-likeness (QED) is 0.270. The number of nitrogens with two attached hydrogens (primary N) is 2. The summed E-state index contributed by atoms with van der Waals surface area (Å²) in [6, 6.07) is 16.9. The van der Waals surface area contributed by atoms with Gasteiger partial charge < -0.3 is 22.1 Å². The summed E-state index contributed by atoms with van der Waals surface area (Å²) in [5, 5.41) is 15.3. The van der Waals surface area contributed by atoms with Crippen LogP contribution in [0.3, 0.4) is 0 Å². The molecule has 0 spiro atoms. The van der Waals surface area contributed by atoms with Gasteiger partial charge in [0.15, 0.2) is 5.65 Å². The molecule has 1 atom stereocenters. The van der Waals surface area contributed by atoms with Crippen LogP contribution < -0.4 is 22.1 Å². The van der Waals surface area contributed by atoms with Crippen molar-refractivity contribution < 1.29 is 0 Å². The van der Waals surface area contributed by atoms with Crippen LogP contribution in [-0.4, -0.2) is 43.8 Å². The minimum Gasteiger partial charge on any atom is -0.363 e. The Hall–Kier alpha value is -3.56. The van der Waals surface area contributed by atoms with Crippen molar-refractivity contribution in [2.24, 2.45) is 11.5 Å². The molecule has 3 heterocycles. The summed E-state index contributed by atoms with van der Waals surface area (Å²) in [6.07, 6.45) is 6.74. The van der Waals surface area contributed by atoms with Gasteiger partial charge >= 0.3 is 0 Å². The number of aromatic nitrogens is 5. The monoisotopic (exact) mass is 457 g/mol. The molecule has 176 valence electrons. The Labute approximate surface area is 198 Å². The smallest absolute Gasteiger partial charge is 0.224 e. The third kappa shape index (κ3) is 5.00. The van der Waals surface area contributed by atoms with E-state index in [0.717, 1.165) is 54.7 Å². The molecular weight excluding hydrogens is 426 g/mol. The molecule has 1 unspecified atom stereocenters. The lowest BCUT2D eigenvalue weighted by atomic mass is 9.92. The topological polar surface area (TPSA) is 143 Å². The summed E-state index contributed by atoms with van der Waals surface area (Å²) in [4.78, 5) is 14.0. The number of rotatable bonds is 8. The van der Waals surface area contributed by atoms with E-state index in [4.69, 9.17) is 16.5 Å². The highest BCUT2D eigenvalue weighted by Gasteiger charge is 2.20. The average molecular weight is 458 g/mol. The second-order valence-corrected chi connectivity index (χ2v) is 8.88. The maximum atomic E-state index is 6.02. The predicted octanol–water partition coefficient (Wildman–Crippen LogP) is 3.60. The molecule has 1 aliphatic rings. The summed E-state index contributed by atoms with van der Waals surface area (Å²) in [5.74, 6) is 1.38. The molecule has 1 aromatic carbocycles. The molecule has 0 bridgehead atoms. The second kappa shape index (κ2) is 10.1. The van der Waals surface area contributed by atoms with Gasteiger partial charge in [-0.1, -0.05) is 36.4 Å².